The van der Waals surface area contributed by atoms with Crippen LogP contribution in [-0.4, -0.2) is 11.2 Å². The van der Waals surface area contributed by atoms with E-state index in [4.69, 9.17) is 11.6 Å². The molecule has 0 amide bonds. The normalized spacial score (nSPS) is 12.4. The lowest BCUT2D eigenvalue weighted by molar-refractivity contribution is 0.175. The average Bonchev–Trinajstić information content (AvgIpc) is 2.34. The zero-order valence-electron chi connectivity index (χ0n) is 11.4. The Morgan fingerprint density at radius 3 is 2.26 bits per heavy atom. The summed E-state index contributed by atoms with van der Waals surface area (Å²) in [5.74, 6) is 0. The summed E-state index contributed by atoms with van der Waals surface area (Å²) in [5, 5.41) is 10.9. The van der Waals surface area contributed by atoms with E-state index in [9.17, 15) is 5.11 Å². The first-order valence-corrected chi connectivity index (χ1v) is 6.91. The topological polar surface area (TPSA) is 20.2 Å². The van der Waals surface area contributed by atoms with Gasteiger partial charge in [0.2, 0.25) is 0 Å². The fourth-order valence-electron chi connectivity index (χ4n) is 2.21. The van der Waals surface area contributed by atoms with Crippen molar-refractivity contribution >= 4 is 11.6 Å². The monoisotopic (exact) mass is 274 g/mol. The molecule has 0 aliphatic heterocycles. The van der Waals surface area contributed by atoms with Gasteiger partial charge in [-0.2, -0.15) is 0 Å². The Bertz CT molecular complexity index is 563. The van der Waals surface area contributed by atoms with Crippen LogP contribution < -0.4 is 0 Å². The summed E-state index contributed by atoms with van der Waals surface area (Å²) in [5.41, 5.74) is 4.81. The van der Waals surface area contributed by atoms with Gasteiger partial charge in [0.15, 0.2) is 0 Å². The number of hydrogen-bond acceptors (Lipinski definition) is 1. The summed E-state index contributed by atoms with van der Waals surface area (Å²) in [7, 11) is 0. The fraction of sp³-hybridized carbons (Fsp3) is 0.294. The molecule has 0 aliphatic carbocycles. The van der Waals surface area contributed by atoms with Crippen molar-refractivity contribution in [2.24, 2.45) is 0 Å². The van der Waals surface area contributed by atoms with Gasteiger partial charge < -0.3 is 5.11 Å². The molecule has 0 spiro atoms. The molecular weight excluding hydrogens is 256 g/mol. The predicted octanol–water partition coefficient (Wildman–Crippen LogP) is 4.10. The molecule has 0 saturated heterocycles. The molecule has 2 heteroatoms. The lowest BCUT2D eigenvalue weighted by Crippen LogP contribution is -2.14. The Labute approximate surface area is 119 Å². The number of hydrogen-bond donors (Lipinski definition) is 1. The van der Waals surface area contributed by atoms with Crippen LogP contribution in [0.3, 0.4) is 0 Å². The van der Waals surface area contributed by atoms with Crippen LogP contribution in [0.25, 0.3) is 0 Å². The Morgan fingerprint density at radius 2 is 1.63 bits per heavy atom. The molecule has 0 heterocycles. The second-order valence-corrected chi connectivity index (χ2v) is 5.55. The lowest BCUT2D eigenvalue weighted by Gasteiger charge is -2.12. The van der Waals surface area contributed by atoms with Gasteiger partial charge in [0.1, 0.15) is 0 Å². The number of aliphatic hydroxyl groups is 1. The molecule has 1 nitrogen and oxygen atoms in total. The third kappa shape index (κ3) is 4.09. The first-order valence-electron chi connectivity index (χ1n) is 6.53. The van der Waals surface area contributed by atoms with E-state index in [1.165, 1.54) is 16.7 Å². The number of aliphatic hydroxyl groups excluding tert-OH is 1. The molecule has 2 aromatic carbocycles. The van der Waals surface area contributed by atoms with Crippen LogP contribution in [0.5, 0.6) is 0 Å². The molecule has 1 atom stereocenters. The van der Waals surface area contributed by atoms with Crippen molar-refractivity contribution < 1.29 is 5.11 Å². The third-order valence-electron chi connectivity index (χ3n) is 3.40. The van der Waals surface area contributed by atoms with E-state index in [1.54, 1.807) is 0 Å². The van der Waals surface area contributed by atoms with Crippen LogP contribution in [0.2, 0.25) is 5.02 Å². The minimum Gasteiger partial charge on any atom is -0.392 e. The molecule has 0 fully saturated rings. The summed E-state index contributed by atoms with van der Waals surface area (Å²) >= 11 is 5.95. The third-order valence-corrected chi connectivity index (χ3v) is 3.64. The Kier molecular flexibility index (Phi) is 4.62. The molecule has 2 rings (SSSR count). The summed E-state index contributed by atoms with van der Waals surface area (Å²) in [6.07, 6.45) is 0.932. The van der Waals surface area contributed by atoms with E-state index in [0.717, 1.165) is 10.6 Å². The van der Waals surface area contributed by atoms with Crippen LogP contribution >= 0.6 is 11.6 Å². The van der Waals surface area contributed by atoms with Gasteiger partial charge in [0.05, 0.1) is 6.10 Å². The van der Waals surface area contributed by atoms with Crippen molar-refractivity contribution in [2.75, 3.05) is 0 Å². The van der Waals surface area contributed by atoms with Crippen LogP contribution in [0.1, 0.15) is 22.3 Å². The summed E-state index contributed by atoms with van der Waals surface area (Å²) < 4.78 is 0. The number of benzene rings is 2. The summed E-state index contributed by atoms with van der Waals surface area (Å²) in [6, 6.07) is 14.0. The van der Waals surface area contributed by atoms with Crippen molar-refractivity contribution in [3.05, 3.63) is 69.7 Å². The van der Waals surface area contributed by atoms with E-state index < -0.39 is 0 Å². The average molecular weight is 275 g/mol. The summed E-state index contributed by atoms with van der Waals surface area (Å²) in [6.45, 7) is 4.20. The molecule has 19 heavy (non-hydrogen) atoms. The van der Waals surface area contributed by atoms with E-state index >= 15 is 0 Å². The number of halogens is 1. The van der Waals surface area contributed by atoms with E-state index in [1.807, 2.05) is 24.3 Å². The number of aryl methyl sites for hydroxylation is 2. The van der Waals surface area contributed by atoms with Gasteiger partial charge in [-0.05, 0) is 61.1 Å². The molecule has 0 aromatic heterocycles. The zero-order valence-corrected chi connectivity index (χ0v) is 12.1. The highest BCUT2D eigenvalue weighted by Gasteiger charge is 2.08. The van der Waals surface area contributed by atoms with E-state index in [-0.39, 0.29) is 6.10 Å². The van der Waals surface area contributed by atoms with E-state index in [0.29, 0.717) is 12.8 Å². The first-order chi connectivity index (χ1) is 9.04. The van der Waals surface area contributed by atoms with Gasteiger partial charge in [-0.3, -0.25) is 0 Å². The van der Waals surface area contributed by atoms with Crippen LogP contribution in [0, 0.1) is 13.8 Å². The Hall–Kier alpha value is -1.31. The molecule has 0 saturated carbocycles. The maximum Gasteiger partial charge on any atom is 0.0620 e. The van der Waals surface area contributed by atoms with Crippen molar-refractivity contribution in [2.45, 2.75) is 32.8 Å². The molecule has 0 bridgehead atoms. The Balaban J connectivity index is 2.01. The maximum atomic E-state index is 10.2. The summed E-state index contributed by atoms with van der Waals surface area (Å²) in [4.78, 5) is 0. The van der Waals surface area contributed by atoms with Crippen molar-refractivity contribution in [1.82, 2.24) is 0 Å². The molecule has 100 valence electrons. The number of rotatable bonds is 4. The predicted molar refractivity (Wildman–Crippen MR) is 80.8 cm³/mol. The lowest BCUT2D eigenvalue weighted by atomic mass is 9.98. The highest BCUT2D eigenvalue weighted by Crippen LogP contribution is 2.16. The quantitative estimate of drug-likeness (QED) is 0.890. The molecule has 1 N–H and O–H groups in total. The van der Waals surface area contributed by atoms with Crippen molar-refractivity contribution in [1.29, 1.82) is 0 Å². The second kappa shape index (κ2) is 6.23. The minimum absolute atomic E-state index is 0.374. The van der Waals surface area contributed by atoms with Crippen molar-refractivity contribution in [3.8, 4) is 0 Å². The minimum atomic E-state index is -0.374. The van der Waals surface area contributed by atoms with Gasteiger partial charge in [0, 0.05) is 5.02 Å². The zero-order chi connectivity index (χ0) is 13.8. The highest BCUT2D eigenvalue weighted by molar-refractivity contribution is 6.30. The molecule has 1 unspecified atom stereocenters. The maximum absolute atomic E-state index is 10.2. The largest absolute Gasteiger partial charge is 0.392 e. The van der Waals surface area contributed by atoms with Gasteiger partial charge in [0.25, 0.3) is 0 Å². The second-order valence-electron chi connectivity index (χ2n) is 5.11. The van der Waals surface area contributed by atoms with Crippen LogP contribution in [-0.2, 0) is 12.8 Å². The van der Waals surface area contributed by atoms with Gasteiger partial charge >= 0.3 is 0 Å². The fourth-order valence-corrected chi connectivity index (χ4v) is 2.42. The highest BCUT2D eigenvalue weighted by atomic mass is 35.5. The molecule has 0 radical (unpaired) electrons. The SMILES string of the molecule is Cc1ccc(CC(O)Cc2cccc(Cl)c2)cc1C. The van der Waals surface area contributed by atoms with Gasteiger partial charge in [-0.15, -0.1) is 0 Å². The van der Waals surface area contributed by atoms with Crippen molar-refractivity contribution in [3.63, 3.8) is 0 Å². The standard InChI is InChI=1S/C17H19ClO/c1-12-6-7-15(8-13(12)2)11-17(19)10-14-4-3-5-16(18)9-14/h3-9,17,19H,10-11H2,1-2H3. The smallest absolute Gasteiger partial charge is 0.0620 e. The first kappa shape index (κ1) is 14.1. The Morgan fingerprint density at radius 1 is 0.947 bits per heavy atom. The van der Waals surface area contributed by atoms with Gasteiger partial charge in [-0.1, -0.05) is 41.9 Å². The molecular formula is C17H19ClO. The molecule has 0 aliphatic rings. The molecule has 2 aromatic rings. The van der Waals surface area contributed by atoms with Crippen LogP contribution in [0.4, 0.5) is 0 Å². The van der Waals surface area contributed by atoms with Crippen LogP contribution in [0.15, 0.2) is 42.5 Å². The van der Waals surface area contributed by atoms with E-state index in [2.05, 4.69) is 32.0 Å². The van der Waals surface area contributed by atoms with Gasteiger partial charge in [-0.25, -0.2) is 0 Å².